The summed E-state index contributed by atoms with van der Waals surface area (Å²) in [5, 5.41) is 40.0. The molecule has 10 nitrogen and oxygen atoms in total. The number of allylic oxidation sites excluding steroid dienone is 14. The first-order valence-corrected chi connectivity index (χ1v) is 21.2. The molecule has 0 amide bonds. The van der Waals surface area contributed by atoms with Crippen LogP contribution >= 0.6 is 0 Å². The lowest BCUT2D eigenvalue weighted by atomic mass is 9.99. The first-order valence-electron chi connectivity index (χ1n) is 21.2. The van der Waals surface area contributed by atoms with E-state index < -0.39 is 55.4 Å². The highest BCUT2D eigenvalue weighted by Crippen LogP contribution is 2.22. The maximum absolute atomic E-state index is 12.7. The highest BCUT2D eigenvalue weighted by molar-refractivity contribution is 5.70. The van der Waals surface area contributed by atoms with E-state index in [1.165, 1.54) is 38.5 Å². The number of unbranched alkanes of at least 4 members (excludes halogenated alkanes) is 12. The number of carbonyl (C=O) groups excluding carboxylic acids is 2. The molecular formula is C46H74O10. The second-order valence-electron chi connectivity index (χ2n) is 14.2. The zero-order valence-corrected chi connectivity index (χ0v) is 34.3. The number of aliphatic hydroxyl groups is 4. The van der Waals surface area contributed by atoms with Gasteiger partial charge in [-0.3, -0.25) is 9.59 Å². The van der Waals surface area contributed by atoms with Crippen molar-refractivity contribution in [3.8, 4) is 0 Å². The fourth-order valence-electron chi connectivity index (χ4n) is 5.74. The largest absolute Gasteiger partial charge is 0.462 e. The minimum Gasteiger partial charge on any atom is -0.462 e. The maximum atomic E-state index is 12.7. The Morgan fingerprint density at radius 1 is 0.571 bits per heavy atom. The third kappa shape index (κ3) is 27.5. The van der Waals surface area contributed by atoms with Crippen molar-refractivity contribution < 1.29 is 49.0 Å². The molecule has 318 valence electrons. The third-order valence-electron chi connectivity index (χ3n) is 9.13. The molecule has 0 bridgehead atoms. The molecule has 10 heteroatoms. The van der Waals surface area contributed by atoms with Crippen LogP contribution in [-0.4, -0.2) is 89.0 Å². The summed E-state index contributed by atoms with van der Waals surface area (Å²) in [5.41, 5.74) is 0. The second kappa shape index (κ2) is 36.2. The average molecular weight is 787 g/mol. The van der Waals surface area contributed by atoms with Crippen LogP contribution in [0, 0.1) is 0 Å². The molecule has 3 unspecified atom stereocenters. The van der Waals surface area contributed by atoms with Crippen molar-refractivity contribution in [2.75, 3.05) is 19.8 Å². The molecule has 6 atom stereocenters. The first-order chi connectivity index (χ1) is 27.3. The molecule has 0 aromatic heterocycles. The van der Waals surface area contributed by atoms with Crippen LogP contribution in [-0.2, 0) is 28.5 Å². The Hall–Kier alpha value is -3.12. The fourth-order valence-corrected chi connectivity index (χ4v) is 5.74. The Morgan fingerprint density at radius 2 is 1.14 bits per heavy atom. The molecule has 1 aliphatic rings. The van der Waals surface area contributed by atoms with Crippen molar-refractivity contribution in [2.45, 2.75) is 173 Å². The van der Waals surface area contributed by atoms with Gasteiger partial charge in [-0.15, -0.1) is 0 Å². The molecule has 0 aromatic carbocycles. The minimum absolute atomic E-state index is 0.113. The molecular weight excluding hydrogens is 712 g/mol. The molecule has 0 radical (unpaired) electrons. The zero-order valence-electron chi connectivity index (χ0n) is 34.3. The standard InChI is InChI=1S/C46H74O10/c1-3-5-7-9-11-13-15-17-18-19-20-21-23-24-26-28-30-32-34-41(48)53-37-39(38-54-46-45(52)44(51)43(50)40(36-47)56-46)55-42(49)35-33-31-29-27-25-22-16-14-12-10-8-6-4-2/h7,9,11,13,15,17-22,25,29,31,39-40,43-47,50-52H,3-6,8,10,12,14,16,23-24,26-28,30,32-38H2,1-2H3/b9-7+,13-11+,17-15+,19-18+,21-20+,25-22+,31-29+/t39?,40-,43+,44?,45?,46-/m0/s1. The van der Waals surface area contributed by atoms with Gasteiger partial charge in [-0.25, -0.2) is 0 Å². The van der Waals surface area contributed by atoms with Gasteiger partial charge in [0.2, 0.25) is 0 Å². The van der Waals surface area contributed by atoms with Crippen molar-refractivity contribution in [1.29, 1.82) is 0 Å². The predicted octanol–water partition coefficient (Wildman–Crippen LogP) is 8.60. The van der Waals surface area contributed by atoms with Gasteiger partial charge in [0, 0.05) is 12.8 Å². The molecule has 1 aliphatic heterocycles. The Kier molecular flexibility index (Phi) is 32.9. The predicted molar refractivity (Wildman–Crippen MR) is 224 cm³/mol. The molecule has 0 aliphatic carbocycles. The summed E-state index contributed by atoms with van der Waals surface area (Å²) in [6.45, 7) is 3.21. The summed E-state index contributed by atoms with van der Waals surface area (Å²) in [4.78, 5) is 25.2. The van der Waals surface area contributed by atoms with Crippen molar-refractivity contribution >= 4 is 11.9 Å². The molecule has 1 rings (SSSR count). The van der Waals surface area contributed by atoms with Crippen molar-refractivity contribution in [3.63, 3.8) is 0 Å². The number of rotatable bonds is 33. The molecule has 4 N–H and O–H groups in total. The van der Waals surface area contributed by atoms with Crippen LogP contribution in [0.3, 0.4) is 0 Å². The SMILES string of the molecule is CCC/C=C/C=C/C=C/C=C/C=C/CCCCCCCC(=O)OCC(CO[C@H]1O[C@@H](CO)[C@@H](O)C(O)C1O)OC(=O)CC/C=C/C/C=C/CCCCCCCC. The molecule has 1 heterocycles. The highest BCUT2D eigenvalue weighted by atomic mass is 16.7. The van der Waals surface area contributed by atoms with E-state index in [0.717, 1.165) is 57.8 Å². The summed E-state index contributed by atoms with van der Waals surface area (Å²) >= 11 is 0. The third-order valence-corrected chi connectivity index (χ3v) is 9.13. The molecule has 0 aromatic rings. The van der Waals surface area contributed by atoms with Gasteiger partial charge in [0.1, 0.15) is 31.0 Å². The van der Waals surface area contributed by atoms with Crippen molar-refractivity contribution in [1.82, 2.24) is 0 Å². The van der Waals surface area contributed by atoms with Gasteiger partial charge < -0.3 is 39.4 Å². The normalized spacial score (nSPS) is 21.3. The van der Waals surface area contributed by atoms with Crippen molar-refractivity contribution in [2.24, 2.45) is 0 Å². The Balaban J connectivity index is 2.42. The van der Waals surface area contributed by atoms with Crippen LogP contribution in [0.5, 0.6) is 0 Å². The lowest BCUT2D eigenvalue weighted by molar-refractivity contribution is -0.305. The van der Waals surface area contributed by atoms with Crippen LogP contribution in [0.15, 0.2) is 85.1 Å². The molecule has 0 spiro atoms. The summed E-state index contributed by atoms with van der Waals surface area (Å²) in [7, 11) is 0. The molecule has 1 saturated heterocycles. The summed E-state index contributed by atoms with van der Waals surface area (Å²) < 4.78 is 22.0. The quantitative estimate of drug-likeness (QED) is 0.0220. The zero-order chi connectivity index (χ0) is 40.9. The number of esters is 2. The monoisotopic (exact) mass is 787 g/mol. The first kappa shape index (κ1) is 50.9. The maximum Gasteiger partial charge on any atom is 0.306 e. The smallest absolute Gasteiger partial charge is 0.306 e. The van der Waals surface area contributed by atoms with E-state index in [9.17, 15) is 30.0 Å². The number of hydrogen-bond donors (Lipinski definition) is 4. The van der Waals surface area contributed by atoms with Crippen LogP contribution in [0.25, 0.3) is 0 Å². The van der Waals surface area contributed by atoms with Gasteiger partial charge in [0.25, 0.3) is 0 Å². The van der Waals surface area contributed by atoms with E-state index in [1.54, 1.807) is 0 Å². The van der Waals surface area contributed by atoms with E-state index in [2.05, 4.69) is 50.3 Å². The Morgan fingerprint density at radius 3 is 1.79 bits per heavy atom. The number of hydrogen-bond acceptors (Lipinski definition) is 10. The van der Waals surface area contributed by atoms with Gasteiger partial charge in [-0.05, 0) is 51.4 Å². The van der Waals surface area contributed by atoms with E-state index in [0.29, 0.717) is 12.8 Å². The fraction of sp³-hybridized carbons (Fsp3) is 0.652. The molecule has 1 fully saturated rings. The number of ether oxygens (including phenoxy) is 4. The number of carbonyl (C=O) groups is 2. The van der Waals surface area contributed by atoms with E-state index in [4.69, 9.17) is 18.9 Å². The highest BCUT2D eigenvalue weighted by Gasteiger charge is 2.44. The lowest BCUT2D eigenvalue weighted by Crippen LogP contribution is -2.59. The molecule has 0 saturated carbocycles. The van der Waals surface area contributed by atoms with E-state index in [-0.39, 0.29) is 26.1 Å². The Bertz CT molecular complexity index is 1180. The van der Waals surface area contributed by atoms with Gasteiger partial charge in [-0.2, -0.15) is 0 Å². The van der Waals surface area contributed by atoms with Crippen LogP contribution < -0.4 is 0 Å². The minimum atomic E-state index is -1.61. The van der Waals surface area contributed by atoms with E-state index >= 15 is 0 Å². The van der Waals surface area contributed by atoms with Crippen LogP contribution in [0.4, 0.5) is 0 Å². The average Bonchev–Trinajstić information content (AvgIpc) is 3.19. The second-order valence-corrected chi connectivity index (χ2v) is 14.2. The number of aliphatic hydroxyl groups excluding tert-OH is 4. The summed E-state index contributed by atoms with van der Waals surface area (Å²) in [6, 6.07) is 0. The van der Waals surface area contributed by atoms with Gasteiger partial charge in [0.05, 0.1) is 13.2 Å². The van der Waals surface area contributed by atoms with Gasteiger partial charge >= 0.3 is 11.9 Å². The Labute approximate surface area is 337 Å². The van der Waals surface area contributed by atoms with Crippen molar-refractivity contribution in [3.05, 3.63) is 85.1 Å². The summed E-state index contributed by atoms with van der Waals surface area (Å²) in [6.07, 6.45) is 38.8. The summed E-state index contributed by atoms with van der Waals surface area (Å²) in [5.74, 6) is -0.924. The topological polar surface area (TPSA) is 152 Å². The van der Waals surface area contributed by atoms with Gasteiger partial charge in [0.15, 0.2) is 12.4 Å². The lowest BCUT2D eigenvalue weighted by Gasteiger charge is -2.39. The van der Waals surface area contributed by atoms with Crippen LogP contribution in [0.2, 0.25) is 0 Å². The molecule has 56 heavy (non-hydrogen) atoms. The van der Waals surface area contributed by atoms with Gasteiger partial charge in [-0.1, -0.05) is 157 Å². The van der Waals surface area contributed by atoms with E-state index in [1.807, 2.05) is 48.6 Å². The van der Waals surface area contributed by atoms with Crippen LogP contribution in [0.1, 0.15) is 136 Å².